The smallest absolute Gasteiger partial charge is 0.319 e. The zero-order chi connectivity index (χ0) is 15.0. The summed E-state index contributed by atoms with van der Waals surface area (Å²) in [6, 6.07) is 6.68. The Labute approximate surface area is 120 Å². The van der Waals surface area contributed by atoms with E-state index in [1.54, 1.807) is 38.4 Å². The molecule has 1 aromatic rings. The molecule has 1 rings (SSSR count). The van der Waals surface area contributed by atoms with E-state index in [1.807, 2.05) is 0 Å². The fourth-order valence-corrected chi connectivity index (χ4v) is 1.74. The van der Waals surface area contributed by atoms with Gasteiger partial charge in [-0.2, -0.15) is 0 Å². The summed E-state index contributed by atoms with van der Waals surface area (Å²) in [6.45, 7) is 2.78. The number of nitrogens with zero attached hydrogens (tertiary/aromatic N) is 1. The van der Waals surface area contributed by atoms with E-state index in [0.29, 0.717) is 17.8 Å². The Morgan fingerprint density at radius 3 is 2.60 bits per heavy atom. The molecule has 0 saturated heterocycles. The number of hydrogen-bond donors (Lipinski definition) is 2. The standard InChI is InChI=1S/C15H23N3O2/c1-4-5-6-10-16-15(20)17-13-9-7-8-12(11-13)14(19)18(2)3/h7-9,11H,4-6,10H2,1-3H3,(H2,16,17,20). The lowest BCUT2D eigenvalue weighted by Gasteiger charge is -2.12. The van der Waals surface area contributed by atoms with Gasteiger partial charge in [0.25, 0.3) is 5.91 Å². The van der Waals surface area contributed by atoms with Gasteiger partial charge in [0.2, 0.25) is 0 Å². The quantitative estimate of drug-likeness (QED) is 0.785. The molecule has 0 spiro atoms. The zero-order valence-corrected chi connectivity index (χ0v) is 12.4. The molecule has 2 N–H and O–H groups in total. The van der Waals surface area contributed by atoms with Gasteiger partial charge in [0.15, 0.2) is 0 Å². The number of urea groups is 1. The predicted molar refractivity (Wildman–Crippen MR) is 81.0 cm³/mol. The van der Waals surface area contributed by atoms with Gasteiger partial charge in [-0.1, -0.05) is 25.8 Å². The van der Waals surface area contributed by atoms with Crippen LogP contribution in [0.15, 0.2) is 24.3 Å². The highest BCUT2D eigenvalue weighted by atomic mass is 16.2. The van der Waals surface area contributed by atoms with Crippen molar-refractivity contribution in [1.82, 2.24) is 10.2 Å². The van der Waals surface area contributed by atoms with Crippen LogP contribution in [0.5, 0.6) is 0 Å². The van der Waals surface area contributed by atoms with E-state index >= 15 is 0 Å². The van der Waals surface area contributed by atoms with Crippen molar-refractivity contribution >= 4 is 17.6 Å². The van der Waals surface area contributed by atoms with Crippen LogP contribution in [-0.2, 0) is 0 Å². The van der Waals surface area contributed by atoms with Crippen LogP contribution in [0.2, 0.25) is 0 Å². The Bertz CT molecular complexity index is 458. The fourth-order valence-electron chi connectivity index (χ4n) is 1.74. The van der Waals surface area contributed by atoms with Crippen LogP contribution in [0, 0.1) is 0 Å². The van der Waals surface area contributed by atoms with Gasteiger partial charge in [-0.05, 0) is 24.6 Å². The van der Waals surface area contributed by atoms with Crippen LogP contribution in [0.1, 0.15) is 36.5 Å². The molecule has 0 aliphatic rings. The minimum absolute atomic E-state index is 0.0861. The first-order valence-electron chi connectivity index (χ1n) is 6.91. The van der Waals surface area contributed by atoms with Crippen LogP contribution >= 0.6 is 0 Å². The lowest BCUT2D eigenvalue weighted by atomic mass is 10.2. The van der Waals surface area contributed by atoms with Gasteiger partial charge in [-0.15, -0.1) is 0 Å². The molecule has 0 unspecified atom stereocenters. The molecule has 0 radical (unpaired) electrons. The normalized spacial score (nSPS) is 9.95. The molecular formula is C15H23N3O2. The van der Waals surface area contributed by atoms with Crippen molar-refractivity contribution in [2.45, 2.75) is 26.2 Å². The summed E-state index contributed by atoms with van der Waals surface area (Å²) in [6.07, 6.45) is 3.20. The molecule has 3 amide bonds. The molecule has 110 valence electrons. The number of anilines is 1. The lowest BCUT2D eigenvalue weighted by molar-refractivity contribution is 0.0827. The molecule has 0 atom stereocenters. The van der Waals surface area contributed by atoms with Gasteiger partial charge in [-0.25, -0.2) is 4.79 Å². The monoisotopic (exact) mass is 277 g/mol. The Hall–Kier alpha value is -2.04. The highest BCUT2D eigenvalue weighted by Crippen LogP contribution is 2.11. The second kappa shape index (κ2) is 8.19. The summed E-state index contributed by atoms with van der Waals surface area (Å²) in [5, 5.41) is 5.52. The molecule has 20 heavy (non-hydrogen) atoms. The summed E-state index contributed by atoms with van der Waals surface area (Å²) in [5.74, 6) is -0.0861. The molecule has 0 aliphatic carbocycles. The Kier molecular flexibility index (Phi) is 6.56. The number of rotatable bonds is 6. The summed E-state index contributed by atoms with van der Waals surface area (Å²) >= 11 is 0. The van der Waals surface area contributed by atoms with Crippen LogP contribution in [0.25, 0.3) is 0 Å². The fraction of sp³-hybridized carbons (Fsp3) is 0.467. The third kappa shape index (κ3) is 5.30. The molecule has 0 aliphatic heterocycles. The molecular weight excluding hydrogens is 254 g/mol. The maximum Gasteiger partial charge on any atom is 0.319 e. The van der Waals surface area contributed by atoms with Crippen molar-refractivity contribution in [2.75, 3.05) is 26.0 Å². The topological polar surface area (TPSA) is 61.4 Å². The Morgan fingerprint density at radius 2 is 1.95 bits per heavy atom. The van der Waals surface area contributed by atoms with Crippen molar-refractivity contribution in [3.05, 3.63) is 29.8 Å². The van der Waals surface area contributed by atoms with Gasteiger partial charge in [0.05, 0.1) is 0 Å². The van der Waals surface area contributed by atoms with Crippen molar-refractivity contribution in [2.24, 2.45) is 0 Å². The largest absolute Gasteiger partial charge is 0.345 e. The minimum Gasteiger partial charge on any atom is -0.345 e. The van der Waals surface area contributed by atoms with E-state index in [4.69, 9.17) is 0 Å². The second-order valence-electron chi connectivity index (χ2n) is 4.87. The minimum atomic E-state index is -0.240. The summed E-state index contributed by atoms with van der Waals surface area (Å²) in [4.78, 5) is 25.0. The van der Waals surface area contributed by atoms with Crippen molar-refractivity contribution in [3.8, 4) is 0 Å². The molecule has 0 saturated carbocycles. The van der Waals surface area contributed by atoms with E-state index in [1.165, 1.54) is 4.90 Å². The third-order valence-electron chi connectivity index (χ3n) is 2.84. The molecule has 0 aromatic heterocycles. The Morgan fingerprint density at radius 1 is 1.20 bits per heavy atom. The first kappa shape index (κ1) is 16.0. The van der Waals surface area contributed by atoms with Crippen molar-refractivity contribution in [3.63, 3.8) is 0 Å². The van der Waals surface area contributed by atoms with Gasteiger partial charge in [-0.3, -0.25) is 4.79 Å². The first-order chi connectivity index (χ1) is 9.54. The predicted octanol–water partition coefficient (Wildman–Crippen LogP) is 2.70. The molecule has 0 heterocycles. The SMILES string of the molecule is CCCCCNC(=O)Nc1cccc(C(=O)N(C)C)c1. The summed E-state index contributed by atoms with van der Waals surface area (Å²) < 4.78 is 0. The van der Waals surface area contributed by atoms with E-state index in [9.17, 15) is 9.59 Å². The van der Waals surface area contributed by atoms with E-state index < -0.39 is 0 Å². The van der Waals surface area contributed by atoms with Crippen molar-refractivity contribution in [1.29, 1.82) is 0 Å². The van der Waals surface area contributed by atoms with E-state index in [0.717, 1.165) is 19.3 Å². The Balaban J connectivity index is 2.53. The number of hydrogen-bond acceptors (Lipinski definition) is 2. The lowest BCUT2D eigenvalue weighted by Crippen LogP contribution is -2.29. The molecule has 0 fully saturated rings. The van der Waals surface area contributed by atoms with Crippen LogP contribution in [-0.4, -0.2) is 37.5 Å². The highest BCUT2D eigenvalue weighted by molar-refractivity contribution is 5.96. The van der Waals surface area contributed by atoms with Crippen LogP contribution in [0.3, 0.4) is 0 Å². The molecule has 5 heteroatoms. The summed E-state index contributed by atoms with van der Waals surface area (Å²) in [7, 11) is 3.39. The van der Waals surface area contributed by atoms with Crippen LogP contribution < -0.4 is 10.6 Å². The zero-order valence-electron chi connectivity index (χ0n) is 12.4. The summed E-state index contributed by atoms with van der Waals surface area (Å²) in [5.41, 5.74) is 1.17. The second-order valence-corrected chi connectivity index (χ2v) is 4.87. The molecule has 0 bridgehead atoms. The van der Waals surface area contributed by atoms with Gasteiger partial charge < -0.3 is 15.5 Å². The number of carbonyl (C=O) groups is 2. The number of amides is 3. The number of unbranched alkanes of at least 4 members (excludes halogenated alkanes) is 2. The van der Waals surface area contributed by atoms with Gasteiger partial charge >= 0.3 is 6.03 Å². The molecule has 5 nitrogen and oxygen atoms in total. The highest BCUT2D eigenvalue weighted by Gasteiger charge is 2.09. The number of nitrogens with one attached hydrogen (secondary N) is 2. The van der Waals surface area contributed by atoms with E-state index in [-0.39, 0.29) is 11.9 Å². The average molecular weight is 277 g/mol. The van der Waals surface area contributed by atoms with Crippen molar-refractivity contribution < 1.29 is 9.59 Å². The van der Waals surface area contributed by atoms with Crippen LogP contribution in [0.4, 0.5) is 10.5 Å². The maximum absolute atomic E-state index is 11.8. The van der Waals surface area contributed by atoms with E-state index in [2.05, 4.69) is 17.6 Å². The number of benzene rings is 1. The maximum atomic E-state index is 11.8. The van der Waals surface area contributed by atoms with Gasteiger partial charge in [0.1, 0.15) is 0 Å². The first-order valence-corrected chi connectivity index (χ1v) is 6.91. The number of carbonyl (C=O) groups excluding carboxylic acids is 2. The van der Waals surface area contributed by atoms with Gasteiger partial charge in [0, 0.05) is 31.9 Å². The average Bonchev–Trinajstić information content (AvgIpc) is 2.43. The molecule has 1 aromatic carbocycles. The third-order valence-corrected chi connectivity index (χ3v) is 2.84.